The van der Waals surface area contributed by atoms with E-state index < -0.39 is 29.6 Å². The van der Waals surface area contributed by atoms with Crippen molar-refractivity contribution < 1.29 is 31.5 Å². The average Bonchev–Trinajstić information content (AvgIpc) is 3.48. The highest BCUT2D eigenvalue weighted by Gasteiger charge is 2.34. The molecule has 2 fully saturated rings. The Morgan fingerprint density at radius 2 is 1.45 bits per heavy atom. The smallest absolute Gasteiger partial charge is 0.416 e. The number of benzene rings is 3. The van der Waals surface area contributed by atoms with Gasteiger partial charge in [0.2, 0.25) is 0 Å². The molecule has 3 aromatic rings. The number of rotatable bonds is 6. The van der Waals surface area contributed by atoms with Gasteiger partial charge in [0.1, 0.15) is 12.0 Å². The fraction of sp³-hybridized carbons (Fsp3) is 0.452. The highest BCUT2D eigenvalue weighted by molar-refractivity contribution is 7.97. The monoisotopic (exact) mass is 611 g/mol. The maximum absolute atomic E-state index is 13.1. The molecule has 11 heteroatoms. The Labute approximate surface area is 247 Å². The van der Waals surface area contributed by atoms with Gasteiger partial charge >= 0.3 is 6.18 Å². The molecule has 1 saturated carbocycles. The predicted octanol–water partition coefficient (Wildman–Crippen LogP) is 7.55. The van der Waals surface area contributed by atoms with Gasteiger partial charge in [0.05, 0.1) is 18.1 Å². The predicted molar refractivity (Wildman–Crippen MR) is 158 cm³/mol. The molecule has 0 unspecified atom stereocenters. The summed E-state index contributed by atoms with van der Waals surface area (Å²) in [7, 11) is 2.14. The van der Waals surface area contributed by atoms with Crippen LogP contribution in [-0.4, -0.2) is 43.5 Å². The Morgan fingerprint density at radius 1 is 0.881 bits per heavy atom. The number of nitrogens with two attached hydrogens (primary N) is 2. The van der Waals surface area contributed by atoms with Gasteiger partial charge < -0.3 is 20.2 Å². The van der Waals surface area contributed by atoms with Crippen LogP contribution in [0.3, 0.4) is 0 Å². The van der Waals surface area contributed by atoms with Crippen molar-refractivity contribution in [2.75, 3.05) is 20.1 Å². The van der Waals surface area contributed by atoms with Crippen LogP contribution in [0, 0.1) is 0 Å². The first-order chi connectivity index (χ1) is 19.9. The Morgan fingerprint density at radius 3 is 2.00 bits per heavy atom. The molecule has 1 saturated heterocycles. The Kier molecular flexibility index (Phi) is 12.6. The van der Waals surface area contributed by atoms with Crippen molar-refractivity contribution in [3.8, 4) is 5.75 Å². The van der Waals surface area contributed by atoms with E-state index in [0.717, 1.165) is 10.6 Å². The fourth-order valence-corrected chi connectivity index (χ4v) is 5.04. The summed E-state index contributed by atoms with van der Waals surface area (Å²) < 4.78 is 68.5. The number of ether oxygens (including phenoxy) is 1. The topological polar surface area (TPSA) is 81.6 Å². The fourth-order valence-electron chi connectivity index (χ4n) is 4.70. The van der Waals surface area contributed by atoms with Gasteiger partial charge in [0.25, 0.3) is 5.92 Å². The zero-order chi connectivity index (χ0) is 30.8. The molecule has 5 rings (SSSR count). The average molecular weight is 612 g/mol. The maximum atomic E-state index is 13.1. The van der Waals surface area contributed by atoms with E-state index in [1.54, 1.807) is 0 Å². The van der Waals surface area contributed by atoms with Crippen molar-refractivity contribution in [1.29, 1.82) is 0 Å². The molecule has 0 bridgehead atoms. The van der Waals surface area contributed by atoms with Crippen LogP contribution in [0.1, 0.15) is 56.1 Å². The summed E-state index contributed by atoms with van der Waals surface area (Å²) in [6.45, 7) is 2.36. The van der Waals surface area contributed by atoms with E-state index in [4.69, 9.17) is 15.6 Å². The van der Waals surface area contributed by atoms with E-state index in [9.17, 15) is 26.7 Å². The number of hydrogen-bond donors (Lipinski definition) is 2. The highest BCUT2D eigenvalue weighted by atomic mass is 32.2. The number of likely N-dealkylation sites (tertiary alicyclic amines) is 1. The molecule has 230 valence electrons. The van der Waals surface area contributed by atoms with Crippen molar-refractivity contribution >= 4 is 29.0 Å². The minimum absolute atomic E-state index is 0.0255. The zero-order valence-corrected chi connectivity index (χ0v) is 24.4. The number of fused-ring (bicyclic) bond motifs is 1. The van der Waals surface area contributed by atoms with E-state index in [0.29, 0.717) is 36.4 Å². The summed E-state index contributed by atoms with van der Waals surface area (Å²) in [4.78, 5) is 13.4. The number of piperidine rings is 1. The van der Waals surface area contributed by atoms with E-state index in [-0.39, 0.29) is 6.29 Å². The van der Waals surface area contributed by atoms with Crippen LogP contribution in [0.4, 0.5) is 22.0 Å². The number of halogens is 5. The van der Waals surface area contributed by atoms with Crippen molar-refractivity contribution in [1.82, 2.24) is 4.90 Å². The zero-order valence-electron chi connectivity index (χ0n) is 23.6. The maximum Gasteiger partial charge on any atom is 0.416 e. The number of carbonyl (C=O) groups excluding carboxylic acids is 1. The third-order valence-corrected chi connectivity index (χ3v) is 7.79. The van der Waals surface area contributed by atoms with Gasteiger partial charge in [-0.2, -0.15) is 13.2 Å². The van der Waals surface area contributed by atoms with Crippen molar-refractivity contribution in [3.05, 3.63) is 71.8 Å². The van der Waals surface area contributed by atoms with Crippen LogP contribution in [0.2, 0.25) is 0 Å². The molecule has 1 heterocycles. The molecule has 0 amide bonds. The van der Waals surface area contributed by atoms with Gasteiger partial charge in [-0.05, 0) is 118 Å². The van der Waals surface area contributed by atoms with Crippen molar-refractivity contribution in [3.63, 3.8) is 0 Å². The van der Waals surface area contributed by atoms with Crippen molar-refractivity contribution in [2.24, 2.45) is 10.9 Å². The summed E-state index contributed by atoms with van der Waals surface area (Å²) >= 11 is 1.28. The summed E-state index contributed by atoms with van der Waals surface area (Å²) in [5.41, 5.74) is 4.06. The molecule has 5 nitrogen and oxygen atoms in total. The number of alkyl halides is 5. The lowest BCUT2D eigenvalue weighted by atomic mass is 10.0. The van der Waals surface area contributed by atoms with Crippen LogP contribution in [-0.2, 0) is 16.9 Å². The molecule has 42 heavy (non-hydrogen) atoms. The molecule has 0 radical (unpaired) electrons. The van der Waals surface area contributed by atoms with E-state index >= 15 is 0 Å². The second-order valence-corrected chi connectivity index (χ2v) is 11.3. The first kappa shape index (κ1) is 33.8. The SMILES string of the molecule is CN1CCC(N)CC1.NSc1ccc2cc(OC3CCCC3)ccc2c1.O=CCC(F)(F)c1ccc(C(F)(F)F)cc1. The number of nitrogens with zero attached hydrogens (tertiary/aromatic N) is 1. The van der Waals surface area contributed by atoms with Gasteiger partial charge in [0, 0.05) is 16.5 Å². The third kappa shape index (κ3) is 10.5. The van der Waals surface area contributed by atoms with Crippen LogP contribution < -0.4 is 15.6 Å². The second kappa shape index (κ2) is 15.7. The van der Waals surface area contributed by atoms with E-state index in [1.807, 2.05) is 6.07 Å². The van der Waals surface area contributed by atoms with Gasteiger partial charge in [-0.25, -0.2) is 8.78 Å². The number of carbonyl (C=O) groups is 1. The first-order valence-corrected chi connectivity index (χ1v) is 14.8. The molecule has 0 spiro atoms. The molecular formula is C31H38F5N3O2S. The molecule has 4 N–H and O–H groups in total. The van der Waals surface area contributed by atoms with Crippen LogP contribution in [0.15, 0.2) is 65.6 Å². The van der Waals surface area contributed by atoms with Gasteiger partial charge in [0.15, 0.2) is 0 Å². The normalized spacial score (nSPS) is 16.8. The van der Waals surface area contributed by atoms with Crippen LogP contribution in [0.25, 0.3) is 10.8 Å². The molecule has 0 aromatic heterocycles. The molecule has 2 aliphatic rings. The molecule has 1 aliphatic carbocycles. The Hall–Kier alpha value is -2.73. The van der Waals surface area contributed by atoms with Gasteiger partial charge in [-0.1, -0.05) is 24.3 Å². The summed E-state index contributed by atoms with van der Waals surface area (Å²) in [6.07, 6.45) is 2.19. The summed E-state index contributed by atoms with van der Waals surface area (Å²) in [5, 5.41) is 8.00. The largest absolute Gasteiger partial charge is 0.490 e. The molecule has 1 aliphatic heterocycles. The number of hydrogen-bond acceptors (Lipinski definition) is 6. The lowest BCUT2D eigenvalue weighted by Crippen LogP contribution is -2.37. The van der Waals surface area contributed by atoms with Crippen molar-refractivity contribution in [2.45, 2.75) is 74.1 Å². The lowest BCUT2D eigenvalue weighted by Gasteiger charge is -2.25. The Balaban J connectivity index is 0.000000185. The third-order valence-electron chi connectivity index (χ3n) is 7.26. The lowest BCUT2D eigenvalue weighted by molar-refractivity contribution is -0.137. The summed E-state index contributed by atoms with van der Waals surface area (Å²) in [6, 6.07) is 15.5. The van der Waals surface area contributed by atoms with Crippen LogP contribution in [0.5, 0.6) is 5.75 Å². The van der Waals surface area contributed by atoms with E-state index in [1.165, 1.54) is 74.3 Å². The molecule has 3 aromatic carbocycles. The standard InChI is InChI=1S/C15H17NOS.C10H7F5O.C6H14N2/c16-18-15-8-6-11-9-14(7-5-12(11)10-15)17-13-3-1-2-4-13;11-9(12,5-6-16)7-1-3-8(4-2-7)10(13,14)15;1-8-4-2-6(7)3-5-8/h5-10,13H,1-4,16H2;1-4,6H,5H2;6H,2-5,7H2,1H3. The second-order valence-electron chi connectivity index (χ2n) is 10.6. The Bertz CT molecular complexity index is 1250. The molecule has 0 atom stereocenters. The quantitative estimate of drug-likeness (QED) is 0.170. The first-order valence-electron chi connectivity index (χ1n) is 13.9. The molecular weight excluding hydrogens is 573 g/mol. The summed E-state index contributed by atoms with van der Waals surface area (Å²) in [5.74, 6) is -2.44. The van der Waals surface area contributed by atoms with E-state index in [2.05, 4.69) is 42.3 Å². The highest BCUT2D eigenvalue weighted by Crippen LogP contribution is 2.34. The van der Waals surface area contributed by atoms with Crippen LogP contribution >= 0.6 is 11.9 Å². The minimum Gasteiger partial charge on any atom is -0.490 e. The minimum atomic E-state index is -4.56. The van der Waals surface area contributed by atoms with Gasteiger partial charge in [-0.3, -0.25) is 5.14 Å². The number of aldehydes is 1. The van der Waals surface area contributed by atoms with Gasteiger partial charge in [-0.15, -0.1) is 0 Å².